The van der Waals surface area contributed by atoms with Gasteiger partial charge < -0.3 is 19.7 Å². The average Bonchev–Trinajstić information content (AvgIpc) is 3.32. The number of phenols is 1. The Bertz CT molecular complexity index is 1360. The lowest BCUT2D eigenvalue weighted by Crippen LogP contribution is -2.31. The van der Waals surface area contributed by atoms with Crippen molar-refractivity contribution in [3.63, 3.8) is 0 Å². The zero-order chi connectivity index (χ0) is 23.8. The van der Waals surface area contributed by atoms with E-state index in [1.54, 1.807) is 20.2 Å². The van der Waals surface area contributed by atoms with Crippen LogP contribution >= 0.6 is 0 Å². The maximum absolute atomic E-state index is 12.3. The van der Waals surface area contributed by atoms with Gasteiger partial charge in [-0.05, 0) is 30.7 Å². The van der Waals surface area contributed by atoms with Gasteiger partial charge in [0.05, 0.1) is 11.3 Å². The Morgan fingerprint density at radius 2 is 2.00 bits per heavy atom. The molecule has 4 rings (SSSR count). The second-order valence-corrected chi connectivity index (χ2v) is 8.97. The number of aromatic hydroxyl groups is 1. The number of nitrogens with one attached hydrogen (secondary N) is 2. The standard InChI is InChI=1S/C22H23N5O5S/c1-4-15(18-12-13-8-5-6-11-17(13)32-18)23-20-21(26-33(30,31)25-20)24-16-10-7-9-14(19(16)28)22(29)27(2)3/h5-12,15,28H,4H2,1-3H3,(H,23,25)(H,24,26)/t15-/m1/s1. The monoisotopic (exact) mass is 469 g/mol. The van der Waals surface area contributed by atoms with Gasteiger partial charge >= 0.3 is 10.2 Å². The third kappa shape index (κ3) is 4.53. The van der Waals surface area contributed by atoms with E-state index in [1.807, 2.05) is 37.3 Å². The molecular formula is C22H23N5O5S. The van der Waals surface area contributed by atoms with Gasteiger partial charge in [-0.25, -0.2) is 4.72 Å². The molecule has 33 heavy (non-hydrogen) atoms. The third-order valence-corrected chi connectivity index (χ3v) is 5.91. The van der Waals surface area contributed by atoms with Crippen LogP contribution in [0.3, 0.4) is 0 Å². The summed E-state index contributed by atoms with van der Waals surface area (Å²) in [5.74, 6) is -0.273. The number of hydrogen-bond donors (Lipinski definition) is 3. The minimum Gasteiger partial charge on any atom is -0.505 e. The van der Waals surface area contributed by atoms with Crippen molar-refractivity contribution in [1.82, 2.24) is 9.62 Å². The summed E-state index contributed by atoms with van der Waals surface area (Å²) in [6.07, 6.45) is 0.538. The summed E-state index contributed by atoms with van der Waals surface area (Å²) < 4.78 is 36.2. The largest absolute Gasteiger partial charge is 0.505 e. The molecule has 1 amide bonds. The molecule has 3 N–H and O–H groups in total. The zero-order valence-electron chi connectivity index (χ0n) is 18.2. The van der Waals surface area contributed by atoms with Gasteiger partial charge in [-0.1, -0.05) is 31.2 Å². The van der Waals surface area contributed by atoms with Crippen molar-refractivity contribution in [2.24, 2.45) is 9.39 Å². The van der Waals surface area contributed by atoms with E-state index in [1.165, 1.54) is 17.0 Å². The van der Waals surface area contributed by atoms with Crippen molar-refractivity contribution in [3.05, 3.63) is 59.9 Å². The average molecular weight is 470 g/mol. The fourth-order valence-corrected chi connectivity index (χ4v) is 4.20. The molecule has 1 aliphatic heterocycles. The Hall–Kier alpha value is -3.86. The number of furan rings is 1. The van der Waals surface area contributed by atoms with Crippen LogP contribution in [0.1, 0.15) is 35.5 Å². The van der Waals surface area contributed by atoms with Crippen molar-refractivity contribution in [3.8, 4) is 5.75 Å². The first-order valence-corrected chi connectivity index (χ1v) is 11.6. The van der Waals surface area contributed by atoms with Gasteiger partial charge in [0.2, 0.25) is 0 Å². The fraction of sp³-hybridized carbons (Fsp3) is 0.227. The van der Waals surface area contributed by atoms with Crippen LogP contribution in [0.25, 0.3) is 11.0 Å². The molecule has 2 heterocycles. The first-order chi connectivity index (χ1) is 15.7. The Kier molecular flexibility index (Phi) is 5.81. The number of hydrogen-bond acceptors (Lipinski definition) is 7. The summed E-state index contributed by atoms with van der Waals surface area (Å²) in [4.78, 5) is 18.2. The Morgan fingerprint density at radius 1 is 1.24 bits per heavy atom. The molecule has 11 heteroatoms. The zero-order valence-corrected chi connectivity index (χ0v) is 19.0. The van der Waals surface area contributed by atoms with E-state index in [-0.39, 0.29) is 28.7 Å². The molecule has 0 bridgehead atoms. The fourth-order valence-electron chi connectivity index (χ4n) is 3.39. The minimum absolute atomic E-state index is 0.0222. The van der Waals surface area contributed by atoms with Crippen molar-refractivity contribution < 1.29 is 22.7 Å². The third-order valence-electron chi connectivity index (χ3n) is 5.03. The molecule has 0 spiro atoms. The number of anilines is 1. The summed E-state index contributed by atoms with van der Waals surface area (Å²) >= 11 is 0. The van der Waals surface area contributed by atoms with Crippen LogP contribution < -0.4 is 10.0 Å². The number of para-hydroxylation sites is 2. The van der Waals surface area contributed by atoms with Crippen LogP contribution in [0.4, 0.5) is 5.69 Å². The summed E-state index contributed by atoms with van der Waals surface area (Å²) in [7, 11) is -0.896. The maximum Gasteiger partial charge on any atom is 0.345 e. The van der Waals surface area contributed by atoms with Gasteiger partial charge in [-0.15, -0.1) is 4.40 Å². The van der Waals surface area contributed by atoms with Gasteiger partial charge in [0.15, 0.2) is 17.4 Å². The molecule has 0 radical (unpaired) electrons. The number of rotatable bonds is 5. The summed E-state index contributed by atoms with van der Waals surface area (Å²) in [5.41, 5.74) is 0.883. The Labute approximate surface area is 190 Å². The number of carbonyl (C=O) groups is 1. The predicted molar refractivity (Wildman–Crippen MR) is 126 cm³/mol. The van der Waals surface area contributed by atoms with E-state index in [2.05, 4.69) is 19.4 Å². The highest BCUT2D eigenvalue weighted by atomic mass is 32.2. The predicted octanol–water partition coefficient (Wildman–Crippen LogP) is 3.05. The molecule has 0 unspecified atom stereocenters. The molecule has 10 nitrogen and oxygen atoms in total. The number of aliphatic imine (C=N–C) groups is 1. The van der Waals surface area contributed by atoms with Gasteiger partial charge in [0.1, 0.15) is 17.4 Å². The van der Waals surface area contributed by atoms with E-state index >= 15 is 0 Å². The molecule has 0 saturated heterocycles. The van der Waals surface area contributed by atoms with E-state index in [4.69, 9.17) is 4.42 Å². The molecule has 1 aromatic heterocycles. The number of amides is 1. The Morgan fingerprint density at radius 3 is 2.70 bits per heavy atom. The van der Waals surface area contributed by atoms with Gasteiger partial charge in [0, 0.05) is 19.5 Å². The Balaban J connectivity index is 1.68. The van der Waals surface area contributed by atoms with Gasteiger partial charge in [0.25, 0.3) is 5.91 Å². The summed E-state index contributed by atoms with van der Waals surface area (Å²) in [5, 5.41) is 14.3. The van der Waals surface area contributed by atoms with E-state index < -0.39 is 22.2 Å². The molecule has 2 aromatic carbocycles. The number of carbonyl (C=O) groups excluding carboxylic acids is 1. The number of phenolic OH excluding ortho intramolecular Hbond substituents is 1. The highest BCUT2D eigenvalue weighted by Crippen LogP contribution is 2.30. The topological polar surface area (TPSA) is 137 Å². The van der Waals surface area contributed by atoms with Crippen LogP contribution in [-0.4, -0.2) is 50.1 Å². The molecular weight excluding hydrogens is 446 g/mol. The van der Waals surface area contributed by atoms with E-state index in [9.17, 15) is 18.3 Å². The molecule has 3 aromatic rings. The second kappa shape index (κ2) is 8.58. The van der Waals surface area contributed by atoms with Crippen molar-refractivity contribution in [1.29, 1.82) is 0 Å². The molecule has 0 aliphatic carbocycles. The van der Waals surface area contributed by atoms with Crippen molar-refractivity contribution >= 4 is 44.4 Å². The number of nitrogens with zero attached hydrogens (tertiary/aromatic N) is 3. The van der Waals surface area contributed by atoms with Crippen molar-refractivity contribution in [2.75, 3.05) is 19.4 Å². The van der Waals surface area contributed by atoms with Crippen LogP contribution in [0.2, 0.25) is 0 Å². The second-order valence-electron chi connectivity index (χ2n) is 7.63. The molecule has 172 valence electrons. The lowest BCUT2D eigenvalue weighted by Gasteiger charge is -2.15. The van der Waals surface area contributed by atoms with Crippen LogP contribution in [0.5, 0.6) is 5.75 Å². The maximum atomic E-state index is 12.3. The normalized spacial score (nSPS) is 16.9. The summed E-state index contributed by atoms with van der Waals surface area (Å²) in [6, 6.07) is 13.5. The van der Waals surface area contributed by atoms with E-state index in [0.717, 1.165) is 5.39 Å². The molecule has 1 aliphatic rings. The van der Waals surface area contributed by atoms with Crippen LogP contribution in [0, 0.1) is 0 Å². The molecule has 1 atom stereocenters. The highest BCUT2D eigenvalue weighted by molar-refractivity contribution is 7.89. The number of fused-ring (bicyclic) bond motifs is 1. The number of amidine groups is 2. The highest BCUT2D eigenvalue weighted by Gasteiger charge is 2.29. The lowest BCUT2D eigenvalue weighted by atomic mass is 10.1. The summed E-state index contributed by atoms with van der Waals surface area (Å²) in [6.45, 7) is 1.90. The van der Waals surface area contributed by atoms with Gasteiger partial charge in [-0.3, -0.25) is 9.79 Å². The first kappa shape index (κ1) is 22.3. The SMILES string of the molecule is CC[C@@H](N=C1NS(=O)(=O)N=C1Nc1cccc(C(=O)N(C)C)c1O)c1cc2ccccc2o1. The molecule has 0 saturated carbocycles. The smallest absolute Gasteiger partial charge is 0.345 e. The van der Waals surface area contributed by atoms with E-state index in [0.29, 0.717) is 17.8 Å². The number of benzene rings is 2. The molecule has 0 fully saturated rings. The van der Waals surface area contributed by atoms with Crippen LogP contribution in [0.15, 0.2) is 62.3 Å². The lowest BCUT2D eigenvalue weighted by molar-refractivity contribution is 0.0824. The minimum atomic E-state index is -4.02. The van der Waals surface area contributed by atoms with Crippen LogP contribution in [-0.2, 0) is 10.2 Å². The first-order valence-electron chi connectivity index (χ1n) is 10.2. The van der Waals surface area contributed by atoms with Crippen molar-refractivity contribution in [2.45, 2.75) is 19.4 Å². The quantitative estimate of drug-likeness (QED) is 0.491. The van der Waals surface area contributed by atoms with Gasteiger partial charge in [-0.2, -0.15) is 8.42 Å².